The van der Waals surface area contributed by atoms with Crippen molar-refractivity contribution in [3.8, 4) is 0 Å². The van der Waals surface area contributed by atoms with E-state index in [2.05, 4.69) is 15.6 Å². The van der Waals surface area contributed by atoms with Crippen LogP contribution in [0.5, 0.6) is 0 Å². The summed E-state index contributed by atoms with van der Waals surface area (Å²) in [6.45, 7) is 0.237. The number of anilines is 2. The number of nitrogens with zero attached hydrogens (tertiary/aromatic N) is 1. The van der Waals surface area contributed by atoms with Gasteiger partial charge in [0.25, 0.3) is 5.56 Å². The van der Waals surface area contributed by atoms with E-state index in [0.29, 0.717) is 0 Å². The van der Waals surface area contributed by atoms with Gasteiger partial charge in [-0.2, -0.15) is 0 Å². The van der Waals surface area contributed by atoms with Crippen molar-refractivity contribution in [1.29, 1.82) is 0 Å². The first-order valence-electron chi connectivity index (χ1n) is 8.13. The number of aromatic amines is 1. The van der Waals surface area contributed by atoms with Crippen LogP contribution in [0.1, 0.15) is 17.9 Å². The number of rotatable bonds is 5. The monoisotopic (exact) mass is 376 g/mol. The van der Waals surface area contributed by atoms with Gasteiger partial charge in [-0.25, -0.2) is 9.18 Å². The lowest BCUT2D eigenvalue weighted by atomic mass is 9.92. The number of hydrogen-bond donors (Lipinski definition) is 3. The van der Waals surface area contributed by atoms with Crippen molar-refractivity contribution in [3.05, 3.63) is 56.5 Å². The Morgan fingerprint density at radius 3 is 2.85 bits per heavy atom. The van der Waals surface area contributed by atoms with Crippen LogP contribution in [0.15, 0.2) is 33.9 Å². The SMILES string of the molecule is COCCn1c2c(c(=O)[nH]c1=O)[C@@H](C(=O)Nc1cccc(F)c1)CC(=O)N2. The standard InChI is InChI=1S/C17H17FN4O5/c1-27-6-5-22-14-13(16(25)21-17(22)26)11(8-12(23)20-14)15(24)19-10-4-2-3-9(18)7-10/h2-4,7,11H,5-6,8H2,1H3,(H,19,24)(H,20,23)(H,21,25,26)/t11-/m0/s1. The Kier molecular flexibility index (Phi) is 5.17. The second-order valence-electron chi connectivity index (χ2n) is 5.97. The zero-order chi connectivity index (χ0) is 19.6. The minimum atomic E-state index is -1.13. The first-order valence-corrected chi connectivity index (χ1v) is 8.13. The summed E-state index contributed by atoms with van der Waals surface area (Å²) in [6, 6.07) is 5.24. The van der Waals surface area contributed by atoms with Crippen LogP contribution < -0.4 is 21.9 Å². The molecule has 0 aliphatic carbocycles. The van der Waals surface area contributed by atoms with Crippen molar-refractivity contribution in [2.45, 2.75) is 18.9 Å². The van der Waals surface area contributed by atoms with Gasteiger partial charge < -0.3 is 15.4 Å². The largest absolute Gasteiger partial charge is 0.383 e. The highest BCUT2D eigenvalue weighted by Gasteiger charge is 2.35. The molecule has 0 saturated heterocycles. The lowest BCUT2D eigenvalue weighted by Gasteiger charge is -2.26. The van der Waals surface area contributed by atoms with Crippen LogP contribution in [0.3, 0.4) is 0 Å². The van der Waals surface area contributed by atoms with E-state index in [-0.39, 0.29) is 36.6 Å². The molecule has 1 aliphatic rings. The van der Waals surface area contributed by atoms with Gasteiger partial charge in [0.15, 0.2) is 0 Å². The zero-order valence-electron chi connectivity index (χ0n) is 14.4. The molecule has 0 unspecified atom stereocenters. The second-order valence-corrected chi connectivity index (χ2v) is 5.97. The van der Waals surface area contributed by atoms with Crippen LogP contribution in [-0.4, -0.2) is 35.1 Å². The number of amides is 2. The van der Waals surface area contributed by atoms with Crippen LogP contribution in [0.25, 0.3) is 0 Å². The molecule has 2 aromatic rings. The lowest BCUT2D eigenvalue weighted by molar-refractivity contribution is -0.123. The number of hydrogen-bond acceptors (Lipinski definition) is 5. The highest BCUT2D eigenvalue weighted by Crippen LogP contribution is 2.29. The molecule has 3 N–H and O–H groups in total. The van der Waals surface area contributed by atoms with Gasteiger partial charge in [-0.15, -0.1) is 0 Å². The maximum atomic E-state index is 13.3. The molecule has 2 amide bonds. The number of methoxy groups -OCH3 is 1. The van der Waals surface area contributed by atoms with E-state index in [9.17, 15) is 23.6 Å². The summed E-state index contributed by atoms with van der Waals surface area (Å²) in [5.74, 6) is -2.87. The maximum Gasteiger partial charge on any atom is 0.330 e. The number of carbonyl (C=O) groups is 2. The number of carbonyl (C=O) groups excluding carboxylic acids is 2. The summed E-state index contributed by atoms with van der Waals surface area (Å²) in [5.41, 5.74) is -1.32. The van der Waals surface area contributed by atoms with E-state index in [4.69, 9.17) is 4.74 Å². The van der Waals surface area contributed by atoms with E-state index in [1.54, 1.807) is 0 Å². The third-order valence-corrected chi connectivity index (χ3v) is 4.16. The Morgan fingerprint density at radius 1 is 1.37 bits per heavy atom. The van der Waals surface area contributed by atoms with Gasteiger partial charge in [-0.05, 0) is 18.2 Å². The molecular formula is C17H17FN4O5. The normalized spacial score (nSPS) is 15.8. The molecule has 0 fully saturated rings. The fourth-order valence-corrected chi connectivity index (χ4v) is 2.93. The Morgan fingerprint density at radius 2 is 2.15 bits per heavy atom. The second kappa shape index (κ2) is 7.54. The van der Waals surface area contributed by atoms with Crippen molar-refractivity contribution in [2.75, 3.05) is 24.4 Å². The minimum absolute atomic E-state index is 0.0285. The van der Waals surface area contributed by atoms with E-state index < -0.39 is 34.8 Å². The van der Waals surface area contributed by atoms with Crippen molar-refractivity contribution in [2.24, 2.45) is 0 Å². The molecule has 1 aromatic carbocycles. The van der Waals surface area contributed by atoms with Gasteiger partial charge in [-0.3, -0.25) is 23.9 Å². The zero-order valence-corrected chi connectivity index (χ0v) is 14.4. The molecule has 2 heterocycles. The summed E-state index contributed by atoms with van der Waals surface area (Å²) in [6.07, 6.45) is -0.278. The molecule has 1 atom stereocenters. The molecule has 142 valence electrons. The fourth-order valence-electron chi connectivity index (χ4n) is 2.93. The average molecular weight is 376 g/mol. The quantitative estimate of drug-likeness (QED) is 0.697. The van der Waals surface area contributed by atoms with Crippen molar-refractivity contribution in [3.63, 3.8) is 0 Å². The first kappa shape index (κ1) is 18.5. The summed E-state index contributed by atoms with van der Waals surface area (Å²) >= 11 is 0. The van der Waals surface area contributed by atoms with E-state index in [0.717, 1.165) is 10.6 Å². The topological polar surface area (TPSA) is 122 Å². The molecule has 9 nitrogen and oxygen atoms in total. The fraction of sp³-hybridized carbons (Fsp3) is 0.294. The Balaban J connectivity index is 2.02. The predicted molar refractivity (Wildman–Crippen MR) is 94.2 cm³/mol. The van der Waals surface area contributed by atoms with Crippen LogP contribution in [0.4, 0.5) is 15.9 Å². The molecule has 1 aliphatic heterocycles. The van der Waals surface area contributed by atoms with E-state index >= 15 is 0 Å². The number of halogens is 1. The number of benzene rings is 1. The average Bonchev–Trinajstić information content (AvgIpc) is 2.60. The predicted octanol–water partition coefficient (Wildman–Crippen LogP) is 0.387. The molecule has 0 spiro atoms. The highest BCUT2D eigenvalue weighted by atomic mass is 19.1. The maximum absolute atomic E-state index is 13.3. The summed E-state index contributed by atoms with van der Waals surface area (Å²) in [5, 5.41) is 4.98. The highest BCUT2D eigenvalue weighted by molar-refractivity contribution is 6.04. The van der Waals surface area contributed by atoms with Gasteiger partial charge in [0.2, 0.25) is 11.8 Å². The lowest BCUT2D eigenvalue weighted by Crippen LogP contribution is -2.43. The van der Waals surface area contributed by atoms with Crippen LogP contribution in [0, 0.1) is 5.82 Å². The van der Waals surface area contributed by atoms with Crippen LogP contribution >= 0.6 is 0 Å². The van der Waals surface area contributed by atoms with Gasteiger partial charge in [0.1, 0.15) is 11.6 Å². The third-order valence-electron chi connectivity index (χ3n) is 4.16. The first-order chi connectivity index (χ1) is 12.9. The Bertz CT molecular complexity index is 1010. The number of ether oxygens (including phenoxy) is 1. The molecule has 3 rings (SSSR count). The van der Waals surface area contributed by atoms with E-state index in [1.807, 2.05) is 0 Å². The molecule has 0 saturated carbocycles. The molecule has 10 heteroatoms. The smallest absolute Gasteiger partial charge is 0.330 e. The Labute approximate surface area is 152 Å². The van der Waals surface area contributed by atoms with Crippen LogP contribution in [-0.2, 0) is 20.9 Å². The number of nitrogens with one attached hydrogen (secondary N) is 3. The summed E-state index contributed by atoms with van der Waals surface area (Å²) in [7, 11) is 1.44. The summed E-state index contributed by atoms with van der Waals surface area (Å²) < 4.78 is 19.4. The van der Waals surface area contributed by atoms with E-state index in [1.165, 1.54) is 25.3 Å². The third kappa shape index (κ3) is 3.80. The van der Waals surface area contributed by atoms with Crippen molar-refractivity contribution >= 4 is 23.3 Å². The minimum Gasteiger partial charge on any atom is -0.383 e. The van der Waals surface area contributed by atoms with Gasteiger partial charge in [0.05, 0.1) is 24.6 Å². The molecular weight excluding hydrogens is 359 g/mol. The summed E-state index contributed by atoms with van der Waals surface area (Å²) in [4.78, 5) is 51.3. The van der Waals surface area contributed by atoms with Gasteiger partial charge in [-0.1, -0.05) is 6.07 Å². The number of H-pyrrole nitrogens is 1. The number of fused-ring (bicyclic) bond motifs is 1. The van der Waals surface area contributed by atoms with Gasteiger partial charge in [0, 0.05) is 19.2 Å². The molecule has 0 radical (unpaired) electrons. The van der Waals surface area contributed by atoms with Crippen molar-refractivity contribution in [1.82, 2.24) is 9.55 Å². The number of aromatic nitrogens is 2. The molecule has 27 heavy (non-hydrogen) atoms. The van der Waals surface area contributed by atoms with Gasteiger partial charge >= 0.3 is 5.69 Å². The molecule has 1 aromatic heterocycles. The van der Waals surface area contributed by atoms with Crippen molar-refractivity contribution < 1.29 is 18.7 Å². The van der Waals surface area contributed by atoms with Crippen LogP contribution in [0.2, 0.25) is 0 Å². The molecule has 0 bridgehead atoms. The Hall–Kier alpha value is -3.27.